The number of methoxy groups -OCH3 is 1. The fourth-order valence-electron chi connectivity index (χ4n) is 4.36. The number of amides is 3. The molecule has 1 unspecified atom stereocenters. The van der Waals surface area contributed by atoms with E-state index in [2.05, 4.69) is 0 Å². The van der Waals surface area contributed by atoms with Crippen LogP contribution in [0.1, 0.15) is 54.4 Å². The zero-order chi connectivity index (χ0) is 30.7. The maximum Gasteiger partial charge on any atom is 0.415 e. The molecular weight excluding hydrogens is 540 g/mol. The van der Waals surface area contributed by atoms with Gasteiger partial charge in [0.1, 0.15) is 17.0 Å². The summed E-state index contributed by atoms with van der Waals surface area (Å²) in [6, 6.07) is 2.76. The van der Waals surface area contributed by atoms with Gasteiger partial charge < -0.3 is 29.1 Å². The maximum absolute atomic E-state index is 13.4. The van der Waals surface area contributed by atoms with E-state index >= 15 is 0 Å². The molecule has 0 bridgehead atoms. The Kier molecular flexibility index (Phi) is 9.72. The number of quaternary nitrogens is 1. The van der Waals surface area contributed by atoms with Crippen molar-refractivity contribution in [2.45, 2.75) is 83.7 Å². The first-order valence-corrected chi connectivity index (χ1v) is 13.4. The molecule has 2 N–H and O–H groups in total. The van der Waals surface area contributed by atoms with Gasteiger partial charge in [-0.05, 0) is 66.5 Å². The second-order valence-corrected chi connectivity index (χ2v) is 12.0. The van der Waals surface area contributed by atoms with E-state index in [9.17, 15) is 24.4 Å². The third-order valence-corrected chi connectivity index (χ3v) is 6.29. The minimum absolute atomic E-state index is 0.0104. The Bertz CT molecular complexity index is 1110. The molecule has 14 nitrogen and oxygen atoms in total. The maximum atomic E-state index is 13.4. The van der Waals surface area contributed by atoms with Gasteiger partial charge in [0.05, 0.1) is 13.2 Å². The van der Waals surface area contributed by atoms with E-state index in [0.717, 1.165) is 0 Å². The summed E-state index contributed by atoms with van der Waals surface area (Å²) >= 11 is 0. The number of piperazine rings is 1. The van der Waals surface area contributed by atoms with Gasteiger partial charge >= 0.3 is 24.2 Å². The summed E-state index contributed by atoms with van der Waals surface area (Å²) in [6.07, 6.45) is -0.886. The normalized spacial score (nSPS) is 20.1. The summed E-state index contributed by atoms with van der Waals surface area (Å²) in [7, 11) is 1.17. The second kappa shape index (κ2) is 12.5. The van der Waals surface area contributed by atoms with Crippen LogP contribution in [0.4, 0.5) is 20.1 Å². The number of nitrogens with one attached hydrogen (secondary N) is 1. The van der Waals surface area contributed by atoms with Crippen LogP contribution in [0, 0.1) is 5.21 Å². The van der Waals surface area contributed by atoms with Crippen LogP contribution >= 0.6 is 0 Å². The van der Waals surface area contributed by atoms with E-state index in [0.29, 0.717) is 12.8 Å². The number of rotatable bonds is 6. The van der Waals surface area contributed by atoms with Crippen molar-refractivity contribution in [3.63, 3.8) is 0 Å². The summed E-state index contributed by atoms with van der Waals surface area (Å²) in [6.45, 7) is 10.0. The Morgan fingerprint density at radius 2 is 1.46 bits per heavy atom. The van der Waals surface area contributed by atoms with E-state index in [1.165, 1.54) is 46.1 Å². The van der Waals surface area contributed by atoms with Crippen LogP contribution in [0.5, 0.6) is 5.75 Å². The summed E-state index contributed by atoms with van der Waals surface area (Å²) in [5, 5.41) is 19.2. The van der Waals surface area contributed by atoms with Crippen LogP contribution in [0.15, 0.2) is 24.3 Å². The molecule has 41 heavy (non-hydrogen) atoms. The first-order valence-electron chi connectivity index (χ1n) is 13.4. The summed E-state index contributed by atoms with van der Waals surface area (Å²) in [5.74, 6) is -0.666. The average molecular weight is 581 g/mol. The van der Waals surface area contributed by atoms with E-state index < -0.39 is 52.8 Å². The number of hydrogen-bond acceptors (Lipinski definition) is 10. The van der Waals surface area contributed by atoms with Gasteiger partial charge in [-0.15, -0.1) is 0 Å². The predicted molar refractivity (Wildman–Crippen MR) is 143 cm³/mol. The third kappa shape index (κ3) is 8.68. The number of benzene rings is 1. The fraction of sp³-hybridized carbons (Fsp3) is 0.630. The van der Waals surface area contributed by atoms with Crippen molar-refractivity contribution in [3.8, 4) is 5.75 Å². The topological polar surface area (TPSA) is 163 Å². The van der Waals surface area contributed by atoms with Gasteiger partial charge in [-0.2, -0.15) is 5.23 Å². The number of esters is 1. The Labute approximate surface area is 239 Å². The van der Waals surface area contributed by atoms with Crippen molar-refractivity contribution in [3.05, 3.63) is 29.5 Å². The summed E-state index contributed by atoms with van der Waals surface area (Å²) in [5.41, 5.74) is -1.67. The molecule has 0 radical (unpaired) electrons. The van der Waals surface area contributed by atoms with E-state index in [1.807, 2.05) is 0 Å². The number of nitrogens with zero attached hydrogens (tertiary/aromatic N) is 3. The van der Waals surface area contributed by atoms with Crippen molar-refractivity contribution >= 4 is 29.9 Å². The second-order valence-electron chi connectivity index (χ2n) is 12.0. The fourth-order valence-corrected chi connectivity index (χ4v) is 4.36. The highest BCUT2D eigenvalue weighted by Crippen LogP contribution is 2.31. The van der Waals surface area contributed by atoms with E-state index in [4.69, 9.17) is 24.2 Å². The highest BCUT2D eigenvalue weighted by Gasteiger charge is 2.50. The smallest absolute Gasteiger partial charge is 0.415 e. The van der Waals surface area contributed by atoms with E-state index in [-0.39, 0.29) is 37.1 Å². The van der Waals surface area contributed by atoms with E-state index in [1.54, 1.807) is 41.5 Å². The molecule has 1 aliphatic carbocycles. The lowest BCUT2D eigenvalue weighted by atomic mass is 10.0. The highest BCUT2D eigenvalue weighted by atomic mass is 16.8. The SMILES string of the molecule is COC(=O)[C@H]1[C@H](CN(C(=O)Oc2ccc([NH+]([O-])O)cc2)C2CC2)N(C(=O)OC(C)(C)C)CCN1C(=O)OC(C)(C)C. The molecule has 3 rings (SSSR count). The van der Waals surface area contributed by atoms with Gasteiger partial charge in [0.25, 0.3) is 0 Å². The third-order valence-electron chi connectivity index (χ3n) is 6.29. The number of hydrogen-bond donors (Lipinski definition) is 2. The molecule has 0 spiro atoms. The predicted octanol–water partition coefficient (Wildman–Crippen LogP) is 2.45. The quantitative estimate of drug-likeness (QED) is 0.290. The Hall–Kier alpha value is -3.62. The van der Waals surface area contributed by atoms with Crippen LogP contribution in [0.3, 0.4) is 0 Å². The number of carbonyl (C=O) groups excluding carboxylic acids is 4. The Morgan fingerprint density at radius 1 is 0.951 bits per heavy atom. The van der Waals surface area contributed by atoms with Crippen molar-refractivity contribution in [1.82, 2.24) is 14.7 Å². The largest absolute Gasteiger partial charge is 0.595 e. The molecule has 1 aromatic carbocycles. The molecule has 0 aromatic heterocycles. The molecule has 3 atom stereocenters. The van der Waals surface area contributed by atoms with Gasteiger partial charge in [-0.1, -0.05) is 0 Å². The number of ether oxygens (including phenoxy) is 4. The lowest BCUT2D eigenvalue weighted by molar-refractivity contribution is -0.991. The number of carbonyl (C=O) groups is 4. The van der Waals surface area contributed by atoms with Crippen molar-refractivity contribution in [2.24, 2.45) is 0 Å². The highest BCUT2D eigenvalue weighted by molar-refractivity contribution is 5.84. The molecule has 1 aromatic rings. The van der Waals surface area contributed by atoms with Crippen LogP contribution in [-0.4, -0.2) is 100 Å². The first kappa shape index (κ1) is 31.9. The van der Waals surface area contributed by atoms with Gasteiger partial charge in [-0.3, -0.25) is 9.80 Å². The van der Waals surface area contributed by atoms with Gasteiger partial charge in [0, 0.05) is 37.8 Å². The average Bonchev–Trinajstić information content (AvgIpc) is 3.69. The molecule has 2 aliphatic rings. The van der Waals surface area contributed by atoms with Crippen LogP contribution in [0.25, 0.3) is 0 Å². The van der Waals surface area contributed by atoms with Crippen molar-refractivity contribution in [2.75, 3.05) is 26.7 Å². The van der Waals surface area contributed by atoms with Crippen LogP contribution in [-0.2, 0) is 19.0 Å². The molecule has 1 heterocycles. The lowest BCUT2D eigenvalue weighted by Crippen LogP contribution is -2.99. The summed E-state index contributed by atoms with van der Waals surface area (Å²) < 4.78 is 21.7. The molecule has 228 valence electrons. The molecule has 1 aliphatic heterocycles. The van der Waals surface area contributed by atoms with Crippen LogP contribution < -0.4 is 9.96 Å². The Balaban J connectivity index is 1.95. The van der Waals surface area contributed by atoms with Gasteiger partial charge in [0.2, 0.25) is 0 Å². The molecule has 14 heteroatoms. The summed E-state index contributed by atoms with van der Waals surface area (Å²) in [4.78, 5) is 57.0. The molecule has 1 saturated carbocycles. The van der Waals surface area contributed by atoms with Crippen molar-refractivity contribution < 1.29 is 48.6 Å². The Morgan fingerprint density at radius 3 is 1.93 bits per heavy atom. The molecule has 2 fully saturated rings. The minimum Gasteiger partial charge on any atom is -0.595 e. The zero-order valence-corrected chi connectivity index (χ0v) is 24.5. The minimum atomic E-state index is -1.31. The first-order chi connectivity index (χ1) is 19.0. The van der Waals surface area contributed by atoms with Gasteiger partial charge in [-0.25, -0.2) is 24.4 Å². The zero-order valence-electron chi connectivity index (χ0n) is 24.5. The molecular formula is C27H40N4O10. The van der Waals surface area contributed by atoms with Crippen molar-refractivity contribution in [1.29, 1.82) is 0 Å². The van der Waals surface area contributed by atoms with Crippen LogP contribution in [0.2, 0.25) is 0 Å². The van der Waals surface area contributed by atoms with Gasteiger partial charge in [0.15, 0.2) is 11.7 Å². The standard InChI is InChI=1S/C27H40N4O10/c1-26(2,3)40-24(34)28-14-15-29(25(35)41-27(4,5)6)21(22(32)38-7)20(28)16-30(17-8-9-17)23(33)39-19-12-10-18(11-13-19)31(36)37/h10-13,17,20-21,31,36H,8-9,14-16H2,1-7H3/t20-,21+/m0/s1. The monoisotopic (exact) mass is 580 g/mol. The lowest BCUT2D eigenvalue weighted by Gasteiger charge is -2.47. The molecule has 3 amide bonds. The molecule has 1 saturated heterocycles.